The van der Waals surface area contributed by atoms with Gasteiger partial charge in [0.2, 0.25) is 5.95 Å². The van der Waals surface area contributed by atoms with Gasteiger partial charge in [-0.1, -0.05) is 0 Å². The lowest BCUT2D eigenvalue weighted by Crippen LogP contribution is -2.44. The van der Waals surface area contributed by atoms with Crippen molar-refractivity contribution in [3.05, 3.63) is 6.33 Å². The molecule has 0 spiro atoms. The zero-order valence-corrected chi connectivity index (χ0v) is 23.3. The van der Waals surface area contributed by atoms with Crippen LogP contribution >= 0.6 is 7.67 Å². The van der Waals surface area contributed by atoms with Gasteiger partial charge in [-0.15, -0.1) is 0 Å². The standard InChI is InChI=1S/C22H35N8O9P/c1-4-36-14(31)8-25-40(35,26-9-15(32)37-5-2)38-10-13-17(33)22(3,34)20(39-13)30-11-24-16-18(27-12-6-7-12)28-21(23)29-19(16)30/h11-13,17,20,33-34H,4-10H2,1-3H3,(H2,25,26,35)(H3,23,27,28,29)/t13-,17?,20-,22+/m1/s1. The topological polar surface area (TPSA) is 234 Å². The monoisotopic (exact) mass is 586 g/mol. The first-order valence-corrected chi connectivity index (χ1v) is 14.5. The average Bonchev–Trinajstić information content (AvgIpc) is 3.57. The molecule has 0 amide bonds. The molecule has 0 bridgehead atoms. The minimum atomic E-state index is -4.07. The van der Waals surface area contributed by atoms with Gasteiger partial charge in [0.1, 0.15) is 30.9 Å². The third-order valence-electron chi connectivity index (χ3n) is 6.26. The molecule has 4 atom stereocenters. The number of imidazole rings is 1. The Labute approximate surface area is 229 Å². The average molecular weight is 587 g/mol. The van der Waals surface area contributed by atoms with Gasteiger partial charge in [0.25, 0.3) is 0 Å². The number of aromatic nitrogens is 4. The van der Waals surface area contributed by atoms with Crippen LogP contribution in [0.3, 0.4) is 0 Å². The fraction of sp³-hybridized carbons (Fsp3) is 0.682. The van der Waals surface area contributed by atoms with Gasteiger partial charge in [0.05, 0.1) is 26.1 Å². The Morgan fingerprint density at radius 3 is 2.40 bits per heavy atom. The van der Waals surface area contributed by atoms with Crippen molar-refractivity contribution in [1.82, 2.24) is 29.7 Å². The van der Waals surface area contributed by atoms with Gasteiger partial charge in [-0.25, -0.2) is 15.2 Å². The highest BCUT2D eigenvalue weighted by molar-refractivity contribution is 7.54. The fourth-order valence-corrected chi connectivity index (χ4v) is 5.42. The Bertz CT molecular complexity index is 1240. The second-order valence-electron chi connectivity index (χ2n) is 9.50. The van der Waals surface area contributed by atoms with Crippen molar-refractivity contribution in [3.8, 4) is 0 Å². The van der Waals surface area contributed by atoms with E-state index in [1.807, 2.05) is 0 Å². The summed E-state index contributed by atoms with van der Waals surface area (Å²) in [6, 6.07) is 0.266. The van der Waals surface area contributed by atoms with Gasteiger partial charge in [-0.3, -0.25) is 18.7 Å². The van der Waals surface area contributed by atoms with E-state index in [1.54, 1.807) is 13.8 Å². The molecule has 1 aliphatic carbocycles. The molecule has 0 aromatic carbocycles. The van der Waals surface area contributed by atoms with E-state index >= 15 is 0 Å². The quantitative estimate of drug-likeness (QED) is 0.120. The van der Waals surface area contributed by atoms with E-state index in [9.17, 15) is 24.4 Å². The third kappa shape index (κ3) is 6.86. The highest BCUT2D eigenvalue weighted by Crippen LogP contribution is 2.43. The second kappa shape index (κ2) is 12.3. The minimum Gasteiger partial charge on any atom is -0.465 e. The number of fused-ring (bicyclic) bond motifs is 1. The first-order chi connectivity index (χ1) is 19.0. The van der Waals surface area contributed by atoms with Crippen LogP contribution < -0.4 is 21.2 Å². The zero-order valence-electron chi connectivity index (χ0n) is 22.4. The molecule has 18 heteroatoms. The maximum absolute atomic E-state index is 13.4. The largest absolute Gasteiger partial charge is 0.465 e. The van der Waals surface area contributed by atoms with E-state index in [2.05, 4.69) is 30.4 Å². The molecular weight excluding hydrogens is 551 g/mol. The van der Waals surface area contributed by atoms with E-state index in [4.69, 9.17) is 24.5 Å². The number of nitrogen functional groups attached to an aromatic ring is 1. The number of aliphatic hydroxyl groups excluding tert-OH is 1. The van der Waals surface area contributed by atoms with Crippen LogP contribution in [0.2, 0.25) is 0 Å². The number of hydrogen-bond donors (Lipinski definition) is 6. The van der Waals surface area contributed by atoms with Crippen LogP contribution in [0.1, 0.15) is 39.8 Å². The van der Waals surface area contributed by atoms with E-state index in [0.717, 1.165) is 12.8 Å². The number of nitrogens with two attached hydrogens (primary N) is 1. The predicted octanol–water partition coefficient (Wildman–Crippen LogP) is -0.578. The molecule has 7 N–H and O–H groups in total. The summed E-state index contributed by atoms with van der Waals surface area (Å²) in [5.74, 6) is -0.971. The smallest absolute Gasteiger partial charge is 0.341 e. The minimum absolute atomic E-state index is 0.0169. The summed E-state index contributed by atoms with van der Waals surface area (Å²) in [4.78, 5) is 36.5. The van der Waals surface area contributed by atoms with E-state index in [-0.39, 0.29) is 30.9 Å². The Balaban J connectivity index is 1.50. The lowest BCUT2D eigenvalue weighted by molar-refractivity contribution is -0.142. The van der Waals surface area contributed by atoms with E-state index < -0.39 is 63.3 Å². The van der Waals surface area contributed by atoms with Crippen molar-refractivity contribution in [3.63, 3.8) is 0 Å². The van der Waals surface area contributed by atoms with Crippen LogP contribution in [0.25, 0.3) is 11.2 Å². The Kier molecular flexibility index (Phi) is 9.24. The second-order valence-corrected chi connectivity index (χ2v) is 11.5. The molecular formula is C22H35N8O9P. The van der Waals surface area contributed by atoms with E-state index in [1.165, 1.54) is 17.8 Å². The van der Waals surface area contributed by atoms with Crippen LogP contribution in [0.5, 0.6) is 0 Å². The van der Waals surface area contributed by atoms with Gasteiger partial charge in [-0.05, 0) is 33.6 Å². The number of ether oxygens (including phenoxy) is 3. The molecule has 222 valence electrons. The number of esters is 2. The third-order valence-corrected chi connectivity index (χ3v) is 7.92. The summed E-state index contributed by atoms with van der Waals surface area (Å²) in [6.45, 7) is 3.32. The van der Waals surface area contributed by atoms with Gasteiger partial charge in [-0.2, -0.15) is 9.97 Å². The van der Waals surface area contributed by atoms with Gasteiger partial charge in [0, 0.05) is 6.04 Å². The SMILES string of the molecule is CCOC(=O)CNP(=O)(NCC(=O)OCC)OC[C@H]1O[C@@H](n2cnc3c(NC4CC4)nc(N)nc32)[C@@](C)(O)C1O. The van der Waals surface area contributed by atoms with Crippen LogP contribution in [0, 0.1) is 0 Å². The van der Waals surface area contributed by atoms with Gasteiger partial charge < -0.3 is 40.0 Å². The van der Waals surface area contributed by atoms with Gasteiger partial charge in [0.15, 0.2) is 23.2 Å². The van der Waals surface area contributed by atoms with Crippen molar-refractivity contribution in [2.75, 3.05) is 44.0 Å². The maximum atomic E-state index is 13.4. The lowest BCUT2D eigenvalue weighted by atomic mass is 9.96. The molecule has 3 heterocycles. The summed E-state index contributed by atoms with van der Waals surface area (Å²) in [5.41, 5.74) is 4.73. The van der Waals surface area contributed by atoms with Crippen LogP contribution in [0.4, 0.5) is 11.8 Å². The van der Waals surface area contributed by atoms with Crippen molar-refractivity contribution in [2.24, 2.45) is 0 Å². The number of carbonyl (C=O) groups excluding carboxylic acids is 2. The van der Waals surface area contributed by atoms with Crippen molar-refractivity contribution in [2.45, 2.75) is 63.7 Å². The molecule has 2 aromatic rings. The Morgan fingerprint density at radius 2 is 1.82 bits per heavy atom. The predicted molar refractivity (Wildman–Crippen MR) is 140 cm³/mol. The molecule has 17 nitrogen and oxygen atoms in total. The first kappa shape index (κ1) is 30.0. The maximum Gasteiger partial charge on any atom is 0.341 e. The highest BCUT2D eigenvalue weighted by Gasteiger charge is 2.54. The molecule has 2 aromatic heterocycles. The summed E-state index contributed by atoms with van der Waals surface area (Å²) in [6.07, 6.45) is -0.520. The lowest BCUT2D eigenvalue weighted by Gasteiger charge is -2.27. The summed E-state index contributed by atoms with van der Waals surface area (Å²) in [7, 11) is -4.07. The number of rotatable bonds is 14. The van der Waals surface area contributed by atoms with Crippen LogP contribution in [-0.4, -0.2) is 98.4 Å². The van der Waals surface area contributed by atoms with E-state index in [0.29, 0.717) is 11.3 Å². The zero-order chi connectivity index (χ0) is 29.1. The molecule has 1 saturated carbocycles. The van der Waals surface area contributed by atoms with Crippen molar-refractivity contribution < 1.29 is 43.1 Å². The number of anilines is 2. The van der Waals surface area contributed by atoms with Gasteiger partial charge >= 0.3 is 19.6 Å². The van der Waals surface area contributed by atoms with Crippen molar-refractivity contribution >= 4 is 42.5 Å². The van der Waals surface area contributed by atoms with Crippen LogP contribution in [-0.2, 0) is 32.9 Å². The number of hydrogen-bond acceptors (Lipinski definition) is 14. The number of nitrogens with zero attached hydrogens (tertiary/aromatic N) is 4. The Hall–Kier alpha value is -2.92. The molecule has 1 saturated heterocycles. The summed E-state index contributed by atoms with van der Waals surface area (Å²) < 4.78 is 35.9. The summed E-state index contributed by atoms with van der Waals surface area (Å²) in [5, 5.41) is 30.2. The fourth-order valence-electron chi connectivity index (χ4n) is 4.09. The molecule has 0 radical (unpaired) electrons. The normalized spacial score (nSPS) is 24.8. The van der Waals surface area contributed by atoms with Crippen LogP contribution in [0.15, 0.2) is 6.33 Å². The molecule has 1 aliphatic heterocycles. The number of nitrogens with one attached hydrogen (secondary N) is 3. The molecule has 40 heavy (non-hydrogen) atoms. The molecule has 2 fully saturated rings. The number of carbonyl (C=O) groups is 2. The highest BCUT2D eigenvalue weighted by atomic mass is 31.2. The molecule has 2 aliphatic rings. The first-order valence-electron chi connectivity index (χ1n) is 12.9. The summed E-state index contributed by atoms with van der Waals surface area (Å²) >= 11 is 0. The molecule has 1 unspecified atom stereocenters. The molecule has 4 rings (SSSR count). The van der Waals surface area contributed by atoms with Crippen molar-refractivity contribution in [1.29, 1.82) is 0 Å². The Morgan fingerprint density at radius 1 is 1.20 bits per heavy atom. The number of aliphatic hydroxyl groups is 2.